The highest BCUT2D eigenvalue weighted by Gasteiger charge is 2.31. The van der Waals surface area contributed by atoms with Crippen LogP contribution in [-0.2, 0) is 6.42 Å². The van der Waals surface area contributed by atoms with E-state index in [4.69, 9.17) is 12.2 Å². The molecule has 0 spiro atoms. The first-order valence-electron chi connectivity index (χ1n) is 10.9. The molecule has 2 N–H and O–H groups in total. The van der Waals surface area contributed by atoms with Crippen LogP contribution < -0.4 is 15.5 Å². The normalized spacial score (nSPS) is 11.4. The van der Waals surface area contributed by atoms with Gasteiger partial charge < -0.3 is 10.1 Å². The number of aryl methyl sites for hydroxylation is 1. The quantitative estimate of drug-likeness (QED) is 0.188. The Kier molecular flexibility index (Phi) is 7.59. The summed E-state index contributed by atoms with van der Waals surface area (Å²) in [6.07, 6.45) is -0.727. The number of hydrazone groups is 1. The molecule has 0 unspecified atom stereocenters. The number of rotatable bonds is 7. The van der Waals surface area contributed by atoms with Crippen molar-refractivity contribution in [1.82, 2.24) is 20.2 Å². The van der Waals surface area contributed by atoms with Crippen molar-refractivity contribution in [2.75, 3.05) is 5.32 Å². The summed E-state index contributed by atoms with van der Waals surface area (Å²) in [5.74, 6) is 0.160. The molecule has 7 nitrogen and oxygen atoms in total. The number of hydrogen-bond donors (Lipinski definition) is 2. The number of nitrogens with zero attached hydrogens (tertiary/aromatic N) is 4. The maximum Gasteiger partial charge on any atom is 0.573 e. The molecule has 0 saturated heterocycles. The van der Waals surface area contributed by atoms with Gasteiger partial charge >= 0.3 is 6.36 Å². The molecule has 4 aromatic rings. The summed E-state index contributed by atoms with van der Waals surface area (Å²) in [5.41, 5.74) is 7.05. The molecule has 1 aromatic heterocycles. The van der Waals surface area contributed by atoms with E-state index < -0.39 is 6.36 Å². The number of hydrogen-bond acceptors (Lipinski definition) is 5. The molecule has 11 heteroatoms. The highest BCUT2D eigenvalue weighted by molar-refractivity contribution is 7.80. The van der Waals surface area contributed by atoms with Crippen LogP contribution in [0.1, 0.15) is 18.1 Å². The first kappa shape index (κ1) is 24.9. The second kappa shape index (κ2) is 11.0. The Bertz CT molecular complexity index is 1350. The van der Waals surface area contributed by atoms with Gasteiger partial charge in [-0.25, -0.2) is 9.67 Å². The lowest BCUT2D eigenvalue weighted by Crippen LogP contribution is -2.24. The van der Waals surface area contributed by atoms with Crippen molar-refractivity contribution < 1.29 is 17.9 Å². The number of ether oxygens (including phenoxy) is 1. The molecular formula is C25H21F3N6OS. The van der Waals surface area contributed by atoms with E-state index in [1.54, 1.807) is 6.21 Å². The number of alkyl halides is 3. The Labute approximate surface area is 210 Å². The van der Waals surface area contributed by atoms with Crippen molar-refractivity contribution >= 4 is 29.2 Å². The monoisotopic (exact) mass is 510 g/mol. The second-order valence-corrected chi connectivity index (χ2v) is 7.92. The summed E-state index contributed by atoms with van der Waals surface area (Å²) in [7, 11) is 0. The van der Waals surface area contributed by atoms with Gasteiger partial charge in [-0.3, -0.25) is 5.43 Å². The van der Waals surface area contributed by atoms with Gasteiger partial charge in [0, 0.05) is 11.3 Å². The van der Waals surface area contributed by atoms with E-state index >= 15 is 0 Å². The van der Waals surface area contributed by atoms with E-state index in [2.05, 4.69) is 37.6 Å². The fourth-order valence-electron chi connectivity index (χ4n) is 3.30. The number of halogens is 3. The molecule has 0 atom stereocenters. The van der Waals surface area contributed by atoms with E-state index in [1.807, 2.05) is 48.5 Å². The van der Waals surface area contributed by atoms with E-state index in [1.165, 1.54) is 35.3 Å². The van der Waals surface area contributed by atoms with Gasteiger partial charge in [0.05, 0.1) is 11.9 Å². The average molecular weight is 511 g/mol. The van der Waals surface area contributed by atoms with E-state index in [0.717, 1.165) is 28.8 Å². The third-order valence-corrected chi connectivity index (χ3v) is 5.22. The lowest BCUT2D eigenvalue weighted by atomic mass is 10.1. The van der Waals surface area contributed by atoms with Crippen LogP contribution in [0.3, 0.4) is 0 Å². The molecule has 0 aliphatic heterocycles. The van der Waals surface area contributed by atoms with Gasteiger partial charge in [-0.2, -0.15) is 5.10 Å². The number of anilines is 1. The molecule has 36 heavy (non-hydrogen) atoms. The molecule has 3 aromatic carbocycles. The molecule has 4 rings (SSSR count). The van der Waals surface area contributed by atoms with Crippen LogP contribution in [0.15, 0.2) is 84.2 Å². The SMILES string of the molecule is CCc1ccccc1NC(=S)N/N=C/c1ccc(-c2ncn(-c3ccc(OC(F)(F)F)cc3)n2)cc1. The predicted octanol–water partition coefficient (Wildman–Crippen LogP) is 5.72. The van der Waals surface area contributed by atoms with Crippen molar-refractivity contribution in [1.29, 1.82) is 0 Å². The highest BCUT2D eigenvalue weighted by Crippen LogP contribution is 2.24. The van der Waals surface area contributed by atoms with Gasteiger partial charge in [0.2, 0.25) is 0 Å². The van der Waals surface area contributed by atoms with Gasteiger partial charge in [0.1, 0.15) is 12.1 Å². The Morgan fingerprint density at radius 1 is 1.06 bits per heavy atom. The number of para-hydroxylation sites is 1. The van der Waals surface area contributed by atoms with Gasteiger partial charge in [0.15, 0.2) is 10.9 Å². The minimum absolute atomic E-state index is 0.305. The number of aromatic nitrogens is 3. The van der Waals surface area contributed by atoms with Gasteiger partial charge in [-0.15, -0.1) is 18.3 Å². The minimum atomic E-state index is -4.74. The lowest BCUT2D eigenvalue weighted by molar-refractivity contribution is -0.274. The molecule has 0 aliphatic carbocycles. The van der Waals surface area contributed by atoms with Crippen molar-refractivity contribution in [3.8, 4) is 22.8 Å². The topological polar surface area (TPSA) is 76.4 Å². The van der Waals surface area contributed by atoms with Gasteiger partial charge in [-0.1, -0.05) is 49.4 Å². The summed E-state index contributed by atoms with van der Waals surface area (Å²) in [4.78, 5) is 4.28. The van der Waals surface area contributed by atoms with Crippen LogP contribution in [0.4, 0.5) is 18.9 Å². The Morgan fingerprint density at radius 3 is 2.47 bits per heavy atom. The standard InChI is InChI=1S/C25H21F3N6OS/c1-2-18-5-3-4-6-22(18)31-24(36)32-30-15-17-7-9-19(10-8-17)23-29-16-34(33-23)20-11-13-21(14-12-20)35-25(26,27)28/h3-16H,2H2,1H3,(H2,31,32,36)/b30-15+. The molecule has 1 heterocycles. The van der Waals surface area contributed by atoms with Crippen molar-refractivity contribution in [2.24, 2.45) is 5.10 Å². The first-order valence-corrected chi connectivity index (χ1v) is 11.3. The number of nitrogens with one attached hydrogen (secondary N) is 2. The largest absolute Gasteiger partial charge is 0.573 e. The van der Waals surface area contributed by atoms with Crippen LogP contribution in [-0.4, -0.2) is 32.5 Å². The van der Waals surface area contributed by atoms with Crippen LogP contribution in [0.25, 0.3) is 17.1 Å². The van der Waals surface area contributed by atoms with Crippen molar-refractivity contribution in [3.63, 3.8) is 0 Å². The van der Waals surface area contributed by atoms with E-state index in [9.17, 15) is 13.2 Å². The van der Waals surface area contributed by atoms with E-state index in [-0.39, 0.29) is 5.75 Å². The zero-order valence-corrected chi connectivity index (χ0v) is 19.8. The Balaban J connectivity index is 1.35. The fraction of sp³-hybridized carbons (Fsp3) is 0.120. The van der Waals surface area contributed by atoms with Crippen LogP contribution in [0.2, 0.25) is 0 Å². The fourth-order valence-corrected chi connectivity index (χ4v) is 3.47. The van der Waals surface area contributed by atoms with Crippen LogP contribution >= 0.6 is 12.2 Å². The Morgan fingerprint density at radius 2 is 1.78 bits per heavy atom. The number of thiocarbonyl (C=S) groups is 1. The average Bonchev–Trinajstić information content (AvgIpc) is 3.35. The molecule has 0 radical (unpaired) electrons. The zero-order valence-electron chi connectivity index (χ0n) is 19.0. The molecule has 184 valence electrons. The summed E-state index contributed by atoms with van der Waals surface area (Å²) in [5, 5.41) is 12.1. The second-order valence-electron chi connectivity index (χ2n) is 7.51. The smallest absolute Gasteiger partial charge is 0.406 e. The molecule has 0 saturated carbocycles. The Hall–Kier alpha value is -4.25. The van der Waals surface area contributed by atoms with Gasteiger partial charge in [-0.05, 0) is 60.1 Å². The maximum absolute atomic E-state index is 12.3. The highest BCUT2D eigenvalue weighted by atomic mass is 32.1. The molecular weight excluding hydrogens is 489 g/mol. The summed E-state index contributed by atoms with van der Waals surface area (Å²) in [6, 6.07) is 20.7. The van der Waals surface area contributed by atoms with Crippen LogP contribution in [0.5, 0.6) is 5.75 Å². The lowest BCUT2D eigenvalue weighted by Gasteiger charge is -2.10. The summed E-state index contributed by atoms with van der Waals surface area (Å²) < 4.78 is 42.3. The molecule has 0 bridgehead atoms. The molecule has 0 fully saturated rings. The van der Waals surface area contributed by atoms with E-state index in [0.29, 0.717) is 16.6 Å². The summed E-state index contributed by atoms with van der Waals surface area (Å²) in [6.45, 7) is 2.08. The summed E-state index contributed by atoms with van der Waals surface area (Å²) >= 11 is 5.30. The first-order chi connectivity index (χ1) is 17.3. The minimum Gasteiger partial charge on any atom is -0.406 e. The van der Waals surface area contributed by atoms with Crippen molar-refractivity contribution in [2.45, 2.75) is 19.7 Å². The predicted molar refractivity (Wildman–Crippen MR) is 136 cm³/mol. The maximum atomic E-state index is 12.3. The number of benzene rings is 3. The van der Waals surface area contributed by atoms with Crippen LogP contribution in [0, 0.1) is 0 Å². The molecule has 0 amide bonds. The zero-order chi connectivity index (χ0) is 25.5. The van der Waals surface area contributed by atoms with Crippen molar-refractivity contribution in [3.05, 3.63) is 90.3 Å². The third kappa shape index (κ3) is 6.66. The third-order valence-electron chi connectivity index (χ3n) is 5.02. The molecule has 0 aliphatic rings. The van der Waals surface area contributed by atoms with Gasteiger partial charge in [0.25, 0.3) is 0 Å².